The number of phenols is 5. The maximum atomic E-state index is 14.7. The average Bonchev–Trinajstić information content (AvgIpc) is 3.09. The monoisotopic (exact) mass is 704 g/mol. The van der Waals surface area contributed by atoms with Gasteiger partial charge < -0.3 is 64.9 Å². The van der Waals surface area contributed by atoms with Crippen LogP contribution < -0.4 is 14.2 Å². The van der Waals surface area contributed by atoms with Gasteiger partial charge in [0, 0.05) is 18.2 Å². The smallest absolute Gasteiger partial charge is 0.229 e. The molecule has 7 rings (SSSR count). The highest BCUT2D eigenvalue weighted by Gasteiger charge is 2.49. The van der Waals surface area contributed by atoms with Crippen LogP contribution in [0.15, 0.2) is 66.7 Å². The molecule has 3 aliphatic rings. The van der Waals surface area contributed by atoms with Crippen LogP contribution in [0.25, 0.3) is 0 Å². The van der Waals surface area contributed by atoms with E-state index in [1.807, 2.05) is 0 Å². The van der Waals surface area contributed by atoms with E-state index in [4.69, 9.17) is 18.9 Å². The number of carbonyl (C=O) groups excluding carboxylic acids is 2. The van der Waals surface area contributed by atoms with Crippen molar-refractivity contribution in [1.29, 1.82) is 0 Å². The number of carbonyl (C=O) groups is 2. The van der Waals surface area contributed by atoms with Gasteiger partial charge in [0.15, 0.2) is 11.6 Å². The number of ketones is 2. The van der Waals surface area contributed by atoms with Gasteiger partial charge in [-0.25, -0.2) is 0 Å². The Morgan fingerprint density at radius 2 is 1.33 bits per heavy atom. The molecule has 1 fully saturated rings. The van der Waals surface area contributed by atoms with Gasteiger partial charge in [0.25, 0.3) is 0 Å². The van der Waals surface area contributed by atoms with Gasteiger partial charge in [-0.15, -0.1) is 0 Å². The summed E-state index contributed by atoms with van der Waals surface area (Å²) in [7, 11) is 0. The largest absolute Gasteiger partial charge is 0.508 e. The van der Waals surface area contributed by atoms with E-state index < -0.39 is 90.0 Å². The topological polar surface area (TPSA) is 253 Å². The summed E-state index contributed by atoms with van der Waals surface area (Å²) in [6.45, 7) is -0.792. The van der Waals surface area contributed by atoms with E-state index in [1.165, 1.54) is 48.5 Å². The second-order valence-electron chi connectivity index (χ2n) is 12.5. The molecule has 3 aliphatic heterocycles. The van der Waals surface area contributed by atoms with Crippen LogP contribution in [0.4, 0.5) is 0 Å². The Morgan fingerprint density at radius 3 is 1.98 bits per heavy atom. The molecule has 9 N–H and O–H groups in total. The summed E-state index contributed by atoms with van der Waals surface area (Å²) >= 11 is 0. The van der Waals surface area contributed by atoms with Crippen molar-refractivity contribution in [3.05, 3.63) is 94.5 Å². The van der Waals surface area contributed by atoms with Crippen molar-refractivity contribution in [1.82, 2.24) is 0 Å². The lowest BCUT2D eigenvalue weighted by Gasteiger charge is -2.41. The molecule has 266 valence electrons. The highest BCUT2D eigenvalue weighted by atomic mass is 16.7. The molecule has 0 aliphatic carbocycles. The molecule has 51 heavy (non-hydrogen) atoms. The van der Waals surface area contributed by atoms with Crippen molar-refractivity contribution < 1.29 is 74.5 Å². The fourth-order valence-corrected chi connectivity index (χ4v) is 6.67. The third kappa shape index (κ3) is 5.90. The van der Waals surface area contributed by atoms with Crippen LogP contribution in [0.1, 0.15) is 62.0 Å². The molecule has 3 heterocycles. The number of Topliss-reactive ketones (excluding diaryl/α,β-unsaturated/α-hetero) is 2. The normalized spacial score (nSPS) is 27.1. The quantitative estimate of drug-likeness (QED) is 0.139. The first-order chi connectivity index (χ1) is 24.4. The molecular formula is C36H32O15. The van der Waals surface area contributed by atoms with Gasteiger partial charge in [-0.05, 0) is 35.4 Å². The zero-order valence-corrected chi connectivity index (χ0v) is 26.4. The minimum atomic E-state index is -1.93. The zero-order valence-electron chi connectivity index (χ0n) is 26.4. The molecule has 15 nitrogen and oxygen atoms in total. The van der Waals surface area contributed by atoms with Gasteiger partial charge in [0.1, 0.15) is 93.7 Å². The predicted molar refractivity (Wildman–Crippen MR) is 171 cm³/mol. The molecule has 0 bridgehead atoms. The van der Waals surface area contributed by atoms with E-state index in [1.54, 1.807) is 0 Å². The number of hydrogen-bond donors (Lipinski definition) is 9. The molecule has 4 aromatic carbocycles. The summed E-state index contributed by atoms with van der Waals surface area (Å²) in [5.41, 5.74) is -0.183. The molecule has 0 unspecified atom stereocenters. The first-order valence-electron chi connectivity index (χ1n) is 15.8. The van der Waals surface area contributed by atoms with Crippen molar-refractivity contribution in [3.8, 4) is 46.0 Å². The Labute approximate surface area is 288 Å². The van der Waals surface area contributed by atoms with Gasteiger partial charge in [0.05, 0.1) is 24.5 Å². The van der Waals surface area contributed by atoms with E-state index in [2.05, 4.69) is 0 Å². The highest BCUT2D eigenvalue weighted by Crippen LogP contribution is 2.56. The number of rotatable bonds is 6. The number of aliphatic hydroxyl groups excluding tert-OH is 4. The predicted octanol–water partition coefficient (Wildman–Crippen LogP) is 2.20. The van der Waals surface area contributed by atoms with E-state index in [0.29, 0.717) is 5.56 Å². The first kappa shape index (κ1) is 33.9. The Hall–Kier alpha value is -5.58. The number of benzene rings is 4. The number of ether oxygens (including phenoxy) is 4. The Kier molecular flexibility index (Phi) is 8.61. The molecule has 0 aromatic heterocycles. The maximum Gasteiger partial charge on any atom is 0.229 e. The summed E-state index contributed by atoms with van der Waals surface area (Å²) in [5.74, 6) is -5.85. The second-order valence-corrected chi connectivity index (χ2v) is 12.5. The Bertz CT molecular complexity index is 1990. The van der Waals surface area contributed by atoms with Crippen LogP contribution in [-0.4, -0.2) is 94.8 Å². The van der Waals surface area contributed by atoms with Crippen molar-refractivity contribution in [2.75, 3.05) is 6.61 Å². The summed E-state index contributed by atoms with van der Waals surface area (Å²) in [6.07, 6.45) is -11.4. The van der Waals surface area contributed by atoms with Crippen LogP contribution >= 0.6 is 0 Å². The van der Waals surface area contributed by atoms with Gasteiger partial charge in [-0.2, -0.15) is 0 Å². The molecular weight excluding hydrogens is 672 g/mol. The fraction of sp³-hybridized carbons (Fsp3) is 0.278. The highest BCUT2D eigenvalue weighted by molar-refractivity contribution is 6.09. The minimum absolute atomic E-state index is 0.0546. The van der Waals surface area contributed by atoms with Crippen LogP contribution in [0.5, 0.6) is 46.0 Å². The lowest BCUT2D eigenvalue weighted by Crippen LogP contribution is -2.60. The third-order valence-electron chi connectivity index (χ3n) is 9.21. The lowest BCUT2D eigenvalue weighted by atomic mass is 9.78. The fourth-order valence-electron chi connectivity index (χ4n) is 6.67. The minimum Gasteiger partial charge on any atom is -0.508 e. The standard InChI is InChI=1S/C36H32O15/c37-13-25-30(44)32(46)33(47)36(51-25)50-24-12-21(43)26-20(42)11-22(14-1-5-16(38)6-2-14)48-35(26)28(24)29-31(45)27-19(41)9-18(40)10-23(27)49-34(29)15-3-7-17(39)8-4-15/h1-10,12,22,25,29-30,32-34,36-41,43-44,46-47H,11,13H2/t22-,25-,29-,30-,32+,33-,34+,36-/m1/s1. The second kappa shape index (κ2) is 12.9. The summed E-state index contributed by atoms with van der Waals surface area (Å²) in [6, 6.07) is 14.4. The van der Waals surface area contributed by atoms with E-state index >= 15 is 0 Å². The molecule has 15 heteroatoms. The SMILES string of the molecule is O=C1C[C@H](c2ccc(O)cc2)Oc2c1c(O)cc(O[C@@H]1O[C@H](CO)[C@@H](O)[C@H](O)[C@H]1O)c2[C@@H]1C(=O)c2c(O)cc(O)cc2O[C@H]1c1ccc(O)cc1. The van der Waals surface area contributed by atoms with Crippen LogP contribution in [0, 0.1) is 0 Å². The third-order valence-corrected chi connectivity index (χ3v) is 9.21. The molecule has 0 amide bonds. The summed E-state index contributed by atoms with van der Waals surface area (Å²) in [4.78, 5) is 28.5. The van der Waals surface area contributed by atoms with Crippen LogP contribution in [0.2, 0.25) is 0 Å². The van der Waals surface area contributed by atoms with Crippen molar-refractivity contribution in [2.45, 2.75) is 55.3 Å². The number of aliphatic hydroxyl groups is 4. The van der Waals surface area contributed by atoms with Gasteiger partial charge >= 0.3 is 0 Å². The number of aromatic hydroxyl groups is 5. The number of fused-ring (bicyclic) bond motifs is 2. The van der Waals surface area contributed by atoms with Crippen LogP contribution in [-0.2, 0) is 4.74 Å². The first-order valence-corrected chi connectivity index (χ1v) is 15.8. The average molecular weight is 705 g/mol. The lowest BCUT2D eigenvalue weighted by molar-refractivity contribution is -0.277. The Morgan fingerprint density at radius 1 is 0.706 bits per heavy atom. The molecule has 0 spiro atoms. The number of phenolic OH excluding ortho intramolecular Hbond substituents is 5. The summed E-state index contributed by atoms with van der Waals surface area (Å²) in [5, 5.41) is 93.8. The molecule has 0 saturated carbocycles. The van der Waals surface area contributed by atoms with E-state index in [9.17, 15) is 55.5 Å². The summed E-state index contributed by atoms with van der Waals surface area (Å²) < 4.78 is 24.3. The molecule has 0 radical (unpaired) electrons. The zero-order chi connectivity index (χ0) is 36.3. The van der Waals surface area contributed by atoms with Gasteiger partial charge in [-0.3, -0.25) is 9.59 Å². The van der Waals surface area contributed by atoms with Crippen molar-refractivity contribution >= 4 is 11.6 Å². The maximum absolute atomic E-state index is 14.7. The molecule has 1 saturated heterocycles. The van der Waals surface area contributed by atoms with Gasteiger partial charge in [0.2, 0.25) is 6.29 Å². The van der Waals surface area contributed by atoms with E-state index in [-0.39, 0.29) is 51.7 Å². The van der Waals surface area contributed by atoms with Crippen molar-refractivity contribution in [3.63, 3.8) is 0 Å². The molecule has 8 atom stereocenters. The van der Waals surface area contributed by atoms with Gasteiger partial charge in [-0.1, -0.05) is 24.3 Å². The Balaban J connectivity index is 1.47. The van der Waals surface area contributed by atoms with E-state index in [0.717, 1.165) is 18.2 Å². The number of hydrogen-bond acceptors (Lipinski definition) is 15. The molecule has 4 aromatic rings. The van der Waals surface area contributed by atoms with Crippen molar-refractivity contribution in [2.24, 2.45) is 0 Å². The van der Waals surface area contributed by atoms with Crippen LogP contribution in [0.3, 0.4) is 0 Å².